The fraction of sp³-hybridized carbons (Fsp3) is 0.429. The van der Waals surface area contributed by atoms with E-state index < -0.39 is 11.6 Å². The molecule has 7 heteroatoms. The molecule has 4 rings (SSSR count). The van der Waals surface area contributed by atoms with E-state index >= 15 is 0 Å². The first-order chi connectivity index (χ1) is 17.1. The second-order valence-corrected chi connectivity index (χ2v) is 9.06. The van der Waals surface area contributed by atoms with Gasteiger partial charge in [0.05, 0.1) is 6.61 Å². The molecule has 0 bridgehead atoms. The number of carbonyl (C=O) groups is 1. The van der Waals surface area contributed by atoms with Gasteiger partial charge in [0.25, 0.3) is 5.91 Å². The van der Waals surface area contributed by atoms with Crippen molar-refractivity contribution in [1.82, 2.24) is 10.4 Å². The smallest absolute Gasteiger partial charge is 0.266 e. The van der Waals surface area contributed by atoms with Gasteiger partial charge in [-0.2, -0.15) is 0 Å². The quantitative estimate of drug-likeness (QED) is 0.506. The molecule has 35 heavy (non-hydrogen) atoms. The number of carbonyl (C=O) groups excluding carboxylic acids is 1. The minimum atomic E-state index is -1.06. The zero-order chi connectivity index (χ0) is 24.5. The Morgan fingerprint density at radius 2 is 1.91 bits per heavy atom. The Morgan fingerprint density at radius 3 is 2.63 bits per heavy atom. The van der Waals surface area contributed by atoms with E-state index in [1.54, 1.807) is 0 Å². The van der Waals surface area contributed by atoms with E-state index in [1.807, 2.05) is 78.7 Å². The lowest BCUT2D eigenvalue weighted by atomic mass is 9.89. The molecule has 0 aliphatic carbocycles. The van der Waals surface area contributed by atoms with Gasteiger partial charge in [-0.15, -0.1) is 0 Å². The molecule has 2 aromatic rings. The number of hydrogen-bond donors (Lipinski definition) is 2. The highest BCUT2D eigenvalue weighted by molar-refractivity contribution is 6.00. The minimum Gasteiger partial charge on any atom is -0.494 e. The zero-order valence-electron chi connectivity index (χ0n) is 20.4. The Labute approximate surface area is 207 Å². The summed E-state index contributed by atoms with van der Waals surface area (Å²) in [5.74, 6) is 1.04. The Bertz CT molecular complexity index is 1020. The number of hydrogen-bond acceptors (Lipinski definition) is 6. The van der Waals surface area contributed by atoms with Crippen LogP contribution in [0.3, 0.4) is 0 Å². The van der Waals surface area contributed by atoms with Crippen LogP contribution in [0.25, 0.3) is 6.08 Å². The van der Waals surface area contributed by atoms with Crippen molar-refractivity contribution >= 4 is 17.9 Å². The molecule has 7 nitrogen and oxygen atoms in total. The third-order valence-corrected chi connectivity index (χ3v) is 6.48. The monoisotopic (exact) mass is 477 g/mol. The van der Waals surface area contributed by atoms with Crippen LogP contribution >= 0.6 is 0 Å². The van der Waals surface area contributed by atoms with Crippen LogP contribution in [-0.2, 0) is 9.53 Å². The van der Waals surface area contributed by atoms with Gasteiger partial charge in [-0.25, -0.2) is 10.0 Å². The van der Waals surface area contributed by atoms with Gasteiger partial charge in [-0.1, -0.05) is 48.9 Å². The first-order valence-corrected chi connectivity index (χ1v) is 12.5. The lowest BCUT2D eigenvalue weighted by molar-refractivity contribution is -0.133. The van der Waals surface area contributed by atoms with E-state index in [-0.39, 0.29) is 12.5 Å². The van der Waals surface area contributed by atoms with Crippen molar-refractivity contribution in [3.8, 4) is 5.75 Å². The first-order valence-electron chi connectivity index (χ1n) is 12.5. The molecule has 1 fully saturated rings. The Kier molecular flexibility index (Phi) is 8.55. The van der Waals surface area contributed by atoms with Crippen LogP contribution in [0.2, 0.25) is 0 Å². The van der Waals surface area contributed by atoms with Crippen molar-refractivity contribution < 1.29 is 19.4 Å². The van der Waals surface area contributed by atoms with Crippen LogP contribution in [0, 0.1) is 0 Å². The maximum atomic E-state index is 13.7. The van der Waals surface area contributed by atoms with Crippen molar-refractivity contribution in [2.24, 2.45) is 4.99 Å². The van der Waals surface area contributed by atoms with E-state index in [1.165, 1.54) is 6.42 Å². The SMILES string of the molecule is C[C@@H]1OC(c2ccc(OCCCO)cc2)=N[C@]1(C/C=C/c1ccccc1)C(=O)NN1CCCCC1. The number of aliphatic imine (C=N–C) groups is 1. The third kappa shape index (κ3) is 6.29. The van der Waals surface area contributed by atoms with Crippen molar-refractivity contribution in [1.29, 1.82) is 0 Å². The zero-order valence-corrected chi connectivity index (χ0v) is 20.4. The summed E-state index contributed by atoms with van der Waals surface area (Å²) in [6.45, 7) is 4.17. The molecule has 0 radical (unpaired) electrons. The molecule has 0 spiro atoms. The highest BCUT2D eigenvalue weighted by Crippen LogP contribution is 2.33. The maximum Gasteiger partial charge on any atom is 0.266 e. The van der Waals surface area contributed by atoms with Gasteiger partial charge in [0.15, 0.2) is 5.54 Å². The summed E-state index contributed by atoms with van der Waals surface area (Å²) in [6, 6.07) is 17.5. The van der Waals surface area contributed by atoms with Gasteiger partial charge >= 0.3 is 0 Å². The largest absolute Gasteiger partial charge is 0.494 e. The topological polar surface area (TPSA) is 83.4 Å². The molecule has 2 aromatic carbocycles. The molecule has 2 heterocycles. The average molecular weight is 478 g/mol. The van der Waals surface area contributed by atoms with Gasteiger partial charge < -0.3 is 14.6 Å². The van der Waals surface area contributed by atoms with E-state index in [9.17, 15) is 4.79 Å². The number of aliphatic hydroxyl groups is 1. The van der Waals surface area contributed by atoms with Crippen molar-refractivity contribution in [3.05, 3.63) is 71.8 Å². The Hall–Kier alpha value is -3.16. The van der Waals surface area contributed by atoms with Gasteiger partial charge in [-0.3, -0.25) is 10.2 Å². The summed E-state index contributed by atoms with van der Waals surface area (Å²) < 4.78 is 11.8. The van der Waals surface area contributed by atoms with E-state index in [0.717, 1.165) is 37.1 Å². The summed E-state index contributed by atoms with van der Waals surface area (Å²) >= 11 is 0. The van der Waals surface area contributed by atoms with Crippen LogP contribution in [0.15, 0.2) is 65.7 Å². The number of nitrogens with one attached hydrogen (secondary N) is 1. The van der Waals surface area contributed by atoms with Crippen LogP contribution < -0.4 is 10.2 Å². The van der Waals surface area contributed by atoms with Gasteiger partial charge in [0, 0.05) is 38.1 Å². The van der Waals surface area contributed by atoms with Gasteiger partial charge in [-0.05, 0) is 49.6 Å². The number of rotatable bonds is 10. The fourth-order valence-electron chi connectivity index (χ4n) is 4.37. The predicted octanol–water partition coefficient (Wildman–Crippen LogP) is 3.97. The molecule has 0 aromatic heterocycles. The average Bonchev–Trinajstić information content (AvgIpc) is 3.23. The predicted molar refractivity (Wildman–Crippen MR) is 137 cm³/mol. The maximum absolute atomic E-state index is 13.7. The molecular weight excluding hydrogens is 442 g/mol. The Morgan fingerprint density at radius 1 is 1.17 bits per heavy atom. The molecule has 1 amide bonds. The normalized spacial score (nSPS) is 22.6. The molecule has 0 saturated carbocycles. The number of piperidine rings is 1. The Balaban J connectivity index is 1.56. The number of hydrazine groups is 1. The van der Waals surface area contributed by atoms with Crippen molar-refractivity contribution in [3.63, 3.8) is 0 Å². The number of ether oxygens (including phenoxy) is 2. The summed E-state index contributed by atoms with van der Waals surface area (Å²) in [5, 5.41) is 10.9. The molecule has 1 saturated heterocycles. The van der Waals surface area contributed by atoms with Gasteiger partial charge in [0.2, 0.25) is 5.90 Å². The lowest BCUT2D eigenvalue weighted by Gasteiger charge is -2.32. The molecule has 2 atom stereocenters. The van der Waals surface area contributed by atoms with Gasteiger partial charge in [0.1, 0.15) is 11.9 Å². The minimum absolute atomic E-state index is 0.0981. The van der Waals surface area contributed by atoms with Crippen LogP contribution in [0.5, 0.6) is 5.75 Å². The van der Waals surface area contributed by atoms with Crippen molar-refractivity contribution in [2.75, 3.05) is 26.3 Å². The van der Waals surface area contributed by atoms with E-state index in [4.69, 9.17) is 19.6 Å². The summed E-state index contributed by atoms with van der Waals surface area (Å²) in [7, 11) is 0. The highest BCUT2D eigenvalue weighted by Gasteiger charge is 2.50. The molecular formula is C28H35N3O4. The molecule has 2 aliphatic heterocycles. The second-order valence-electron chi connectivity index (χ2n) is 9.06. The second kappa shape index (κ2) is 12.0. The summed E-state index contributed by atoms with van der Waals surface area (Å²) in [6.07, 6.45) is 7.96. The van der Waals surface area contributed by atoms with E-state index in [0.29, 0.717) is 31.1 Å². The first kappa shape index (κ1) is 24.9. The molecule has 2 N–H and O–H groups in total. The third-order valence-electron chi connectivity index (χ3n) is 6.48. The number of aliphatic hydroxyl groups excluding tert-OH is 1. The van der Waals surface area contributed by atoms with Crippen LogP contribution in [0.4, 0.5) is 0 Å². The van der Waals surface area contributed by atoms with Crippen LogP contribution in [-0.4, -0.2) is 59.9 Å². The van der Waals surface area contributed by atoms with Crippen LogP contribution in [0.1, 0.15) is 50.2 Å². The highest BCUT2D eigenvalue weighted by atomic mass is 16.5. The number of amides is 1. The molecule has 0 unspecified atom stereocenters. The summed E-state index contributed by atoms with van der Waals surface area (Å²) in [4.78, 5) is 18.6. The number of nitrogens with zero attached hydrogens (tertiary/aromatic N) is 2. The summed E-state index contributed by atoms with van der Waals surface area (Å²) in [5.41, 5.74) is 3.94. The molecule has 2 aliphatic rings. The number of benzene rings is 2. The fourth-order valence-corrected chi connectivity index (χ4v) is 4.37. The lowest BCUT2D eigenvalue weighted by Crippen LogP contribution is -2.56. The standard InChI is InChI=1S/C28H35N3O4/c1-22-28(17-8-12-23-10-4-2-5-11-23,27(33)30-31-18-6-3-7-19-31)29-26(35-22)24-13-15-25(16-14-24)34-21-9-20-32/h2,4-5,8,10-16,22,32H,3,6-7,9,17-21H2,1H3,(H,30,33)/b12-8+/t22-,28-/m0/s1. The molecule has 186 valence electrons. The van der Waals surface area contributed by atoms with E-state index in [2.05, 4.69) is 5.43 Å². The van der Waals surface area contributed by atoms with Crippen molar-refractivity contribution in [2.45, 2.75) is 50.7 Å².